The van der Waals surface area contributed by atoms with Gasteiger partial charge in [0.25, 0.3) is 5.89 Å². The highest BCUT2D eigenvalue weighted by Gasteiger charge is 2.35. The highest BCUT2D eigenvalue weighted by atomic mass is 32.1. The number of carbonyl (C=O) groups excluding carboxylic acids is 1. The van der Waals surface area contributed by atoms with Crippen molar-refractivity contribution in [2.75, 3.05) is 0 Å². The van der Waals surface area contributed by atoms with Crippen LogP contribution in [-0.4, -0.2) is 33.2 Å². The van der Waals surface area contributed by atoms with Crippen molar-refractivity contribution in [3.63, 3.8) is 0 Å². The lowest BCUT2D eigenvalue weighted by Gasteiger charge is -2.26. The molecule has 0 aliphatic carbocycles. The maximum Gasteiger partial charge on any atom is 0.397 e. The molecule has 0 aliphatic heterocycles. The van der Waals surface area contributed by atoms with E-state index in [2.05, 4.69) is 14.7 Å². The molecule has 0 aliphatic rings. The first-order chi connectivity index (χ1) is 11.9. The number of rotatable bonds is 6. The zero-order chi connectivity index (χ0) is 19.7. The minimum atomic E-state index is -4.59. The molecule has 0 atom stereocenters. The first-order valence-corrected chi connectivity index (χ1v) is 8.36. The van der Waals surface area contributed by atoms with Crippen molar-refractivity contribution < 1.29 is 31.3 Å². The van der Waals surface area contributed by atoms with Crippen molar-refractivity contribution in [1.82, 2.24) is 15.0 Å². The normalized spacial score (nSPS) is 12.7. The summed E-state index contributed by atoms with van der Waals surface area (Å²) in [6.07, 6.45) is -6.12. The van der Waals surface area contributed by atoms with Gasteiger partial charge in [0.05, 0.1) is 11.4 Å². The van der Waals surface area contributed by atoms with Crippen molar-refractivity contribution in [2.45, 2.75) is 51.9 Å². The standard InChI is InChI=1S/C15H16F5N3O2S/c1-8(2)23(11(24)6-15(18,19)20)7-9-4-5-10(26-9)12-21-13(25-22-12)14(3,16)17/h4-5,8H,6-7H2,1-3H3. The molecule has 0 fully saturated rings. The lowest BCUT2D eigenvalue weighted by atomic mass is 10.2. The molecular weight excluding hydrogens is 381 g/mol. The van der Waals surface area contributed by atoms with E-state index in [1.807, 2.05) is 0 Å². The number of hydrogen-bond donors (Lipinski definition) is 0. The van der Waals surface area contributed by atoms with E-state index in [1.165, 1.54) is 6.07 Å². The highest BCUT2D eigenvalue weighted by molar-refractivity contribution is 7.15. The lowest BCUT2D eigenvalue weighted by molar-refractivity contribution is -0.163. The van der Waals surface area contributed by atoms with E-state index in [9.17, 15) is 26.7 Å². The third kappa shape index (κ3) is 5.23. The van der Waals surface area contributed by atoms with Gasteiger partial charge in [-0.15, -0.1) is 11.3 Å². The second-order valence-corrected chi connectivity index (χ2v) is 7.15. The number of thiophene rings is 1. The molecule has 0 bridgehead atoms. The number of hydrogen-bond acceptors (Lipinski definition) is 5. The number of alkyl halides is 5. The van der Waals surface area contributed by atoms with Crippen LogP contribution in [0.5, 0.6) is 0 Å². The van der Waals surface area contributed by atoms with Gasteiger partial charge in [-0.2, -0.15) is 26.9 Å². The van der Waals surface area contributed by atoms with Crippen molar-refractivity contribution in [1.29, 1.82) is 0 Å². The molecule has 0 unspecified atom stereocenters. The van der Waals surface area contributed by atoms with Crippen LogP contribution in [0.2, 0.25) is 0 Å². The van der Waals surface area contributed by atoms with Crippen molar-refractivity contribution in [3.05, 3.63) is 22.9 Å². The number of carbonyl (C=O) groups is 1. The summed E-state index contributed by atoms with van der Waals surface area (Å²) in [6, 6.07) is 2.68. The second-order valence-electron chi connectivity index (χ2n) is 5.98. The van der Waals surface area contributed by atoms with Gasteiger partial charge in [-0.3, -0.25) is 4.79 Å². The van der Waals surface area contributed by atoms with E-state index in [-0.39, 0.29) is 12.4 Å². The van der Waals surface area contributed by atoms with Crippen LogP contribution >= 0.6 is 11.3 Å². The average Bonchev–Trinajstić information content (AvgIpc) is 3.10. The number of nitrogens with zero attached hydrogens (tertiary/aromatic N) is 3. The molecule has 2 aromatic heterocycles. The molecule has 1 amide bonds. The molecular formula is C15H16F5N3O2S. The monoisotopic (exact) mass is 397 g/mol. The summed E-state index contributed by atoms with van der Waals surface area (Å²) in [5.74, 6) is -5.18. The molecule has 0 saturated heterocycles. The van der Waals surface area contributed by atoms with E-state index in [4.69, 9.17) is 0 Å². The number of aromatic nitrogens is 2. The predicted molar refractivity (Wildman–Crippen MR) is 83.5 cm³/mol. The van der Waals surface area contributed by atoms with Gasteiger partial charge in [0.1, 0.15) is 6.42 Å². The summed E-state index contributed by atoms with van der Waals surface area (Å²) in [4.78, 5) is 17.6. The fourth-order valence-corrected chi connectivity index (χ4v) is 3.02. The molecule has 0 N–H and O–H groups in total. The number of amides is 1. The van der Waals surface area contributed by atoms with Crippen LogP contribution in [0, 0.1) is 0 Å². The van der Waals surface area contributed by atoms with Crippen LogP contribution < -0.4 is 0 Å². The lowest BCUT2D eigenvalue weighted by Crippen LogP contribution is -2.38. The van der Waals surface area contributed by atoms with Crippen LogP contribution in [0.3, 0.4) is 0 Å². The third-order valence-electron chi connectivity index (χ3n) is 3.31. The highest BCUT2D eigenvalue weighted by Crippen LogP contribution is 2.31. The van der Waals surface area contributed by atoms with Gasteiger partial charge < -0.3 is 9.42 Å². The van der Waals surface area contributed by atoms with Crippen molar-refractivity contribution in [3.8, 4) is 10.7 Å². The van der Waals surface area contributed by atoms with Crippen LogP contribution in [0.1, 0.15) is 38.0 Å². The van der Waals surface area contributed by atoms with Gasteiger partial charge in [-0.05, 0) is 26.0 Å². The average molecular weight is 397 g/mol. The largest absolute Gasteiger partial charge is 0.397 e. The molecule has 5 nitrogen and oxygen atoms in total. The second kappa shape index (κ2) is 7.29. The van der Waals surface area contributed by atoms with Crippen molar-refractivity contribution in [2.24, 2.45) is 0 Å². The fraction of sp³-hybridized carbons (Fsp3) is 0.533. The maximum absolute atomic E-state index is 13.1. The van der Waals surface area contributed by atoms with Gasteiger partial charge in [-0.1, -0.05) is 5.16 Å². The van der Waals surface area contributed by atoms with Crippen LogP contribution in [0.25, 0.3) is 10.7 Å². The Morgan fingerprint density at radius 2 is 1.92 bits per heavy atom. The summed E-state index contributed by atoms with van der Waals surface area (Å²) in [6.45, 7) is 3.80. The van der Waals surface area contributed by atoms with E-state index in [1.54, 1.807) is 19.9 Å². The van der Waals surface area contributed by atoms with Crippen LogP contribution in [-0.2, 0) is 17.3 Å². The first-order valence-electron chi connectivity index (χ1n) is 7.54. The molecule has 2 rings (SSSR count). The first kappa shape index (κ1) is 20.3. The molecule has 144 valence electrons. The van der Waals surface area contributed by atoms with Crippen LogP contribution in [0.4, 0.5) is 22.0 Å². The van der Waals surface area contributed by atoms with Gasteiger partial charge >= 0.3 is 12.1 Å². The Morgan fingerprint density at radius 1 is 1.27 bits per heavy atom. The van der Waals surface area contributed by atoms with E-state index < -0.39 is 36.4 Å². The summed E-state index contributed by atoms with van der Waals surface area (Å²) in [5, 5.41) is 3.48. The Morgan fingerprint density at radius 3 is 2.42 bits per heavy atom. The Balaban J connectivity index is 2.15. The van der Waals surface area contributed by atoms with E-state index in [0.29, 0.717) is 16.7 Å². The SMILES string of the molecule is CC(C)N(Cc1ccc(-c2noc(C(C)(F)F)n2)s1)C(=O)CC(F)(F)F. The van der Waals surface area contributed by atoms with Gasteiger partial charge in [0, 0.05) is 17.8 Å². The fourth-order valence-electron chi connectivity index (χ4n) is 2.08. The Hall–Kier alpha value is -2.04. The minimum absolute atomic E-state index is 0.0358. The van der Waals surface area contributed by atoms with Gasteiger partial charge in [0.2, 0.25) is 11.7 Å². The zero-order valence-corrected chi connectivity index (χ0v) is 14.9. The third-order valence-corrected chi connectivity index (χ3v) is 4.37. The molecule has 11 heteroatoms. The minimum Gasteiger partial charge on any atom is -0.335 e. The summed E-state index contributed by atoms with van der Waals surface area (Å²) in [5.41, 5.74) is 0. The molecule has 0 radical (unpaired) electrons. The molecule has 2 aromatic rings. The predicted octanol–water partition coefficient (Wildman–Crippen LogP) is 4.60. The maximum atomic E-state index is 13.1. The summed E-state index contributed by atoms with van der Waals surface area (Å²) < 4.78 is 68.2. The Labute approximate surface area is 149 Å². The number of halogens is 5. The smallest absolute Gasteiger partial charge is 0.335 e. The van der Waals surface area contributed by atoms with E-state index in [0.717, 1.165) is 16.2 Å². The Kier molecular flexibility index (Phi) is 5.69. The molecule has 2 heterocycles. The van der Waals surface area contributed by atoms with E-state index >= 15 is 0 Å². The topological polar surface area (TPSA) is 59.2 Å². The van der Waals surface area contributed by atoms with Gasteiger partial charge in [0.15, 0.2) is 0 Å². The molecule has 0 aromatic carbocycles. The quantitative estimate of drug-likeness (QED) is 0.669. The Bertz CT molecular complexity index is 764. The molecule has 26 heavy (non-hydrogen) atoms. The van der Waals surface area contributed by atoms with Gasteiger partial charge in [-0.25, -0.2) is 0 Å². The zero-order valence-electron chi connectivity index (χ0n) is 14.1. The molecule has 0 spiro atoms. The van der Waals surface area contributed by atoms with Crippen molar-refractivity contribution >= 4 is 17.2 Å². The molecule has 0 saturated carbocycles. The summed E-state index contributed by atoms with van der Waals surface area (Å²) >= 11 is 1.09. The summed E-state index contributed by atoms with van der Waals surface area (Å²) in [7, 11) is 0. The van der Waals surface area contributed by atoms with Crippen LogP contribution in [0.15, 0.2) is 16.7 Å².